The minimum atomic E-state index is -3.56. The summed E-state index contributed by atoms with van der Waals surface area (Å²) in [6.07, 6.45) is 1.49. The number of hydrogen-bond donors (Lipinski definition) is 1. The van der Waals surface area contributed by atoms with Crippen LogP contribution in [0.15, 0.2) is 36.4 Å². The zero-order valence-electron chi connectivity index (χ0n) is 21.6. The zero-order valence-corrected chi connectivity index (χ0v) is 24.0. The molecular formula is C26H35Cl2N3O4S. The predicted molar refractivity (Wildman–Crippen MR) is 147 cm³/mol. The van der Waals surface area contributed by atoms with E-state index in [9.17, 15) is 18.0 Å². The van der Waals surface area contributed by atoms with Crippen LogP contribution in [-0.2, 0) is 26.2 Å². The van der Waals surface area contributed by atoms with E-state index in [4.69, 9.17) is 23.2 Å². The minimum absolute atomic E-state index is 0.0569. The van der Waals surface area contributed by atoms with E-state index < -0.39 is 16.1 Å². The lowest BCUT2D eigenvalue weighted by molar-refractivity contribution is -0.140. The quantitative estimate of drug-likeness (QED) is 0.418. The molecule has 0 saturated heterocycles. The molecule has 2 aromatic rings. The highest BCUT2D eigenvalue weighted by Crippen LogP contribution is 2.25. The Balaban J connectivity index is 2.23. The average molecular weight is 557 g/mol. The normalized spacial score (nSPS) is 12.4. The number of amides is 2. The van der Waals surface area contributed by atoms with Crippen LogP contribution in [0.3, 0.4) is 0 Å². The first-order chi connectivity index (χ1) is 16.7. The molecule has 0 heterocycles. The summed E-state index contributed by atoms with van der Waals surface area (Å²) >= 11 is 12.3. The van der Waals surface area contributed by atoms with E-state index in [0.717, 1.165) is 17.4 Å². The smallest absolute Gasteiger partial charge is 0.242 e. The molecule has 2 rings (SSSR count). The summed E-state index contributed by atoms with van der Waals surface area (Å²) in [6.45, 7) is 9.43. The second-order valence-electron chi connectivity index (χ2n) is 9.38. The number of anilines is 1. The van der Waals surface area contributed by atoms with Crippen LogP contribution in [-0.4, -0.2) is 50.0 Å². The van der Waals surface area contributed by atoms with Crippen molar-refractivity contribution < 1.29 is 18.0 Å². The first kappa shape index (κ1) is 29.9. The third-order valence-corrected chi connectivity index (χ3v) is 7.38. The van der Waals surface area contributed by atoms with E-state index in [1.807, 2.05) is 45.9 Å². The number of aryl methyl sites for hydroxylation is 2. The molecule has 1 unspecified atom stereocenters. The van der Waals surface area contributed by atoms with Crippen molar-refractivity contribution in [3.8, 4) is 0 Å². The van der Waals surface area contributed by atoms with Gasteiger partial charge in [-0.05, 0) is 82.0 Å². The summed E-state index contributed by atoms with van der Waals surface area (Å²) in [5, 5.41) is 3.71. The van der Waals surface area contributed by atoms with Gasteiger partial charge >= 0.3 is 0 Å². The molecule has 2 amide bonds. The van der Waals surface area contributed by atoms with Gasteiger partial charge in [-0.1, -0.05) is 35.3 Å². The van der Waals surface area contributed by atoms with Gasteiger partial charge in [-0.25, -0.2) is 8.42 Å². The molecule has 0 aliphatic carbocycles. The predicted octanol–water partition coefficient (Wildman–Crippen LogP) is 5.10. The van der Waals surface area contributed by atoms with E-state index in [-0.39, 0.29) is 43.8 Å². The lowest BCUT2D eigenvalue weighted by Crippen LogP contribution is -2.49. The molecule has 0 radical (unpaired) electrons. The van der Waals surface area contributed by atoms with Crippen molar-refractivity contribution in [2.45, 2.75) is 66.1 Å². The van der Waals surface area contributed by atoms with Crippen molar-refractivity contribution in [3.05, 3.63) is 63.1 Å². The largest absolute Gasteiger partial charge is 0.352 e. The number of rotatable bonds is 11. The van der Waals surface area contributed by atoms with Crippen LogP contribution in [0.25, 0.3) is 0 Å². The van der Waals surface area contributed by atoms with Crippen LogP contribution in [0.5, 0.6) is 0 Å². The molecule has 10 heteroatoms. The van der Waals surface area contributed by atoms with Crippen LogP contribution < -0.4 is 9.62 Å². The minimum Gasteiger partial charge on any atom is -0.352 e. The number of benzene rings is 2. The molecule has 7 nitrogen and oxygen atoms in total. The molecule has 36 heavy (non-hydrogen) atoms. The summed E-state index contributed by atoms with van der Waals surface area (Å²) in [5.41, 5.74) is 3.13. The van der Waals surface area contributed by atoms with Gasteiger partial charge in [-0.2, -0.15) is 0 Å². The van der Waals surface area contributed by atoms with Crippen LogP contribution in [0.2, 0.25) is 10.0 Å². The molecule has 0 aliphatic rings. The third kappa shape index (κ3) is 8.68. The van der Waals surface area contributed by atoms with E-state index >= 15 is 0 Å². The van der Waals surface area contributed by atoms with Gasteiger partial charge in [-0.15, -0.1) is 0 Å². The molecule has 198 valence electrons. The monoisotopic (exact) mass is 555 g/mol. The zero-order chi connectivity index (χ0) is 27.2. The fourth-order valence-corrected chi connectivity index (χ4v) is 5.34. The maximum absolute atomic E-state index is 13.3. The number of halogens is 2. The second-order valence-corrected chi connectivity index (χ2v) is 12.1. The van der Waals surface area contributed by atoms with E-state index in [0.29, 0.717) is 21.3 Å². The maximum Gasteiger partial charge on any atom is 0.242 e. The topological polar surface area (TPSA) is 86.8 Å². The molecule has 1 N–H and O–H groups in total. The highest BCUT2D eigenvalue weighted by Gasteiger charge is 2.27. The van der Waals surface area contributed by atoms with Gasteiger partial charge < -0.3 is 10.2 Å². The Morgan fingerprint density at radius 3 is 2.14 bits per heavy atom. The highest BCUT2D eigenvalue weighted by molar-refractivity contribution is 7.92. The highest BCUT2D eigenvalue weighted by atomic mass is 35.5. The molecule has 0 bridgehead atoms. The molecule has 0 fully saturated rings. The molecule has 0 spiro atoms. The number of nitrogens with zero attached hydrogens (tertiary/aromatic N) is 2. The molecule has 0 aromatic heterocycles. The summed E-state index contributed by atoms with van der Waals surface area (Å²) in [5.74, 6) is -0.558. The van der Waals surface area contributed by atoms with E-state index in [2.05, 4.69) is 5.32 Å². The fraction of sp³-hybridized carbons (Fsp3) is 0.462. The van der Waals surface area contributed by atoms with Crippen molar-refractivity contribution in [1.82, 2.24) is 10.2 Å². The van der Waals surface area contributed by atoms with Gasteiger partial charge in [-0.3, -0.25) is 13.9 Å². The number of sulfonamides is 1. The van der Waals surface area contributed by atoms with E-state index in [1.165, 1.54) is 9.21 Å². The van der Waals surface area contributed by atoms with Gasteiger partial charge in [0, 0.05) is 35.6 Å². The van der Waals surface area contributed by atoms with Crippen LogP contribution in [0.1, 0.15) is 50.3 Å². The van der Waals surface area contributed by atoms with Crippen LogP contribution >= 0.6 is 23.2 Å². The maximum atomic E-state index is 13.3. The summed E-state index contributed by atoms with van der Waals surface area (Å²) in [7, 11) is -3.56. The molecule has 1 atom stereocenters. The molecular weight excluding hydrogens is 521 g/mol. The number of carbonyl (C=O) groups excluding carboxylic acids is 2. The van der Waals surface area contributed by atoms with Gasteiger partial charge in [0.15, 0.2) is 0 Å². The first-order valence-electron chi connectivity index (χ1n) is 11.8. The first-order valence-corrected chi connectivity index (χ1v) is 14.4. The second kappa shape index (κ2) is 12.8. The van der Waals surface area contributed by atoms with Crippen molar-refractivity contribution in [3.63, 3.8) is 0 Å². The Hall–Kier alpha value is -2.29. The lowest BCUT2D eigenvalue weighted by Gasteiger charge is -2.30. The summed E-state index contributed by atoms with van der Waals surface area (Å²) < 4.78 is 26.4. The Morgan fingerprint density at radius 1 is 1.00 bits per heavy atom. The van der Waals surface area contributed by atoms with Gasteiger partial charge in [0.05, 0.1) is 11.9 Å². The Kier molecular flexibility index (Phi) is 10.6. The van der Waals surface area contributed by atoms with Gasteiger partial charge in [0.2, 0.25) is 21.8 Å². The van der Waals surface area contributed by atoms with E-state index in [1.54, 1.807) is 25.1 Å². The van der Waals surface area contributed by atoms with Crippen LogP contribution in [0, 0.1) is 13.8 Å². The van der Waals surface area contributed by atoms with Crippen molar-refractivity contribution in [1.29, 1.82) is 0 Å². The number of nitrogens with one attached hydrogen (secondary N) is 1. The SMILES string of the molecule is Cc1cc(C)cc(N(CCCC(=O)N(Cc2ccc(Cl)cc2Cl)C(C)C(=O)NC(C)C)S(C)(=O)=O)c1. The summed E-state index contributed by atoms with van der Waals surface area (Å²) in [6, 6.07) is 9.74. The standard InChI is InChI=1S/C26H35Cl2N3O4S/c1-17(2)29-26(33)20(5)30(16-21-9-10-22(27)15-24(21)28)25(32)8-7-11-31(36(6,34)35)23-13-18(3)12-19(4)14-23/h9-10,12-15,17,20H,7-8,11,16H2,1-6H3,(H,29,33). The average Bonchev–Trinajstić information content (AvgIpc) is 2.73. The Labute approximate surface area is 224 Å². The number of hydrogen-bond acceptors (Lipinski definition) is 4. The van der Waals surface area contributed by atoms with Gasteiger partial charge in [0.25, 0.3) is 0 Å². The van der Waals surface area contributed by atoms with Crippen molar-refractivity contribution in [2.24, 2.45) is 0 Å². The molecule has 2 aromatic carbocycles. The Morgan fingerprint density at radius 2 is 1.61 bits per heavy atom. The summed E-state index contributed by atoms with van der Waals surface area (Å²) in [4.78, 5) is 27.6. The lowest BCUT2D eigenvalue weighted by atomic mass is 10.1. The van der Waals surface area contributed by atoms with Gasteiger partial charge in [0.1, 0.15) is 6.04 Å². The number of carbonyl (C=O) groups is 2. The third-order valence-electron chi connectivity index (χ3n) is 5.60. The van der Waals surface area contributed by atoms with Crippen LogP contribution in [0.4, 0.5) is 5.69 Å². The van der Waals surface area contributed by atoms with Crippen molar-refractivity contribution in [2.75, 3.05) is 17.1 Å². The molecule has 0 aliphatic heterocycles. The van der Waals surface area contributed by atoms with Crippen molar-refractivity contribution >= 4 is 50.7 Å². The fourth-order valence-electron chi connectivity index (χ4n) is 3.92. The molecule has 0 saturated carbocycles. The Bertz CT molecular complexity index is 1180.